The first-order valence-corrected chi connectivity index (χ1v) is 8.60. The van der Waals surface area contributed by atoms with E-state index in [0.29, 0.717) is 0 Å². The molecule has 0 saturated carbocycles. The van der Waals surface area contributed by atoms with Crippen LogP contribution in [-0.2, 0) is 6.42 Å². The Bertz CT molecular complexity index is 441. The first-order chi connectivity index (χ1) is 11.2. The van der Waals surface area contributed by atoms with Crippen molar-refractivity contribution in [2.75, 3.05) is 39.8 Å². The van der Waals surface area contributed by atoms with E-state index < -0.39 is 0 Å². The molecule has 130 valence electrons. The summed E-state index contributed by atoms with van der Waals surface area (Å²) >= 11 is 0. The van der Waals surface area contributed by atoms with Crippen molar-refractivity contribution in [3.63, 3.8) is 0 Å². The highest BCUT2D eigenvalue weighted by molar-refractivity contribution is 5.79. The first-order valence-electron chi connectivity index (χ1n) is 8.60. The fourth-order valence-corrected chi connectivity index (χ4v) is 2.40. The van der Waals surface area contributed by atoms with Crippen LogP contribution in [0.15, 0.2) is 29.3 Å². The third-order valence-electron chi connectivity index (χ3n) is 3.93. The number of nitrogens with zero attached hydrogens (tertiary/aromatic N) is 2. The van der Waals surface area contributed by atoms with Crippen molar-refractivity contribution in [3.8, 4) is 0 Å². The molecule has 4 nitrogen and oxygen atoms in total. The molecule has 1 aromatic carbocycles. The Morgan fingerprint density at radius 1 is 1.04 bits per heavy atom. The summed E-state index contributed by atoms with van der Waals surface area (Å²) in [5.41, 5.74) is 1.12. The lowest BCUT2D eigenvalue weighted by Crippen LogP contribution is -2.38. The molecule has 0 heterocycles. The molecule has 23 heavy (non-hydrogen) atoms. The van der Waals surface area contributed by atoms with E-state index in [9.17, 15) is 4.39 Å². The van der Waals surface area contributed by atoms with Gasteiger partial charge in [0.25, 0.3) is 0 Å². The van der Waals surface area contributed by atoms with E-state index in [0.717, 1.165) is 57.1 Å². The van der Waals surface area contributed by atoms with E-state index in [1.54, 1.807) is 7.05 Å². The van der Waals surface area contributed by atoms with Gasteiger partial charge in [-0.3, -0.25) is 4.99 Å². The lowest BCUT2D eigenvalue weighted by molar-refractivity contribution is 0.297. The molecule has 0 aliphatic heterocycles. The third-order valence-corrected chi connectivity index (χ3v) is 3.93. The van der Waals surface area contributed by atoms with Gasteiger partial charge >= 0.3 is 0 Å². The normalized spacial score (nSPS) is 11.8. The summed E-state index contributed by atoms with van der Waals surface area (Å²) < 4.78 is 12.8. The largest absolute Gasteiger partial charge is 0.356 e. The average Bonchev–Trinajstić information content (AvgIpc) is 2.58. The molecule has 0 bridgehead atoms. The molecule has 5 heteroatoms. The second kappa shape index (κ2) is 11.9. The summed E-state index contributed by atoms with van der Waals surface area (Å²) in [6.45, 7) is 9.52. The van der Waals surface area contributed by atoms with Gasteiger partial charge in [-0.2, -0.15) is 0 Å². The van der Waals surface area contributed by atoms with Crippen LogP contribution >= 0.6 is 0 Å². The minimum Gasteiger partial charge on any atom is -0.356 e. The quantitative estimate of drug-likeness (QED) is 0.395. The van der Waals surface area contributed by atoms with Gasteiger partial charge in [0.05, 0.1) is 0 Å². The predicted molar refractivity (Wildman–Crippen MR) is 96.5 cm³/mol. The van der Waals surface area contributed by atoms with Gasteiger partial charge in [-0.1, -0.05) is 26.0 Å². The van der Waals surface area contributed by atoms with Crippen LogP contribution in [0.5, 0.6) is 0 Å². The molecule has 0 fully saturated rings. The van der Waals surface area contributed by atoms with Crippen molar-refractivity contribution < 1.29 is 4.39 Å². The molecule has 0 aliphatic rings. The monoisotopic (exact) mass is 322 g/mol. The molecule has 0 unspecified atom stereocenters. The van der Waals surface area contributed by atoms with E-state index in [2.05, 4.69) is 34.4 Å². The van der Waals surface area contributed by atoms with Crippen molar-refractivity contribution in [1.29, 1.82) is 0 Å². The zero-order valence-corrected chi connectivity index (χ0v) is 14.7. The van der Waals surface area contributed by atoms with Gasteiger partial charge in [-0.05, 0) is 56.6 Å². The van der Waals surface area contributed by atoms with Crippen molar-refractivity contribution in [2.45, 2.75) is 33.1 Å². The van der Waals surface area contributed by atoms with E-state index in [4.69, 9.17) is 0 Å². The van der Waals surface area contributed by atoms with Crippen molar-refractivity contribution in [1.82, 2.24) is 15.5 Å². The number of unbranched alkanes of at least 4 members (excludes halogenated alkanes) is 1. The molecule has 0 aromatic heterocycles. The van der Waals surface area contributed by atoms with Crippen LogP contribution in [-0.4, -0.2) is 50.6 Å². The number of hydrogen-bond donors (Lipinski definition) is 2. The lowest BCUT2D eigenvalue weighted by Gasteiger charge is -2.18. The van der Waals surface area contributed by atoms with Gasteiger partial charge < -0.3 is 15.5 Å². The lowest BCUT2D eigenvalue weighted by atomic mass is 10.1. The van der Waals surface area contributed by atoms with Gasteiger partial charge in [0.2, 0.25) is 0 Å². The predicted octanol–water partition coefficient (Wildman–Crippen LogP) is 2.66. The SMILES string of the molecule is CCN(CC)CCCCNC(=NC)NCCc1ccc(F)cc1. The number of benzene rings is 1. The number of aliphatic imine (C=N–C) groups is 1. The third kappa shape index (κ3) is 8.55. The Morgan fingerprint density at radius 2 is 1.70 bits per heavy atom. The van der Waals surface area contributed by atoms with E-state index in [-0.39, 0.29) is 5.82 Å². The fraction of sp³-hybridized carbons (Fsp3) is 0.611. The van der Waals surface area contributed by atoms with Gasteiger partial charge in [-0.15, -0.1) is 0 Å². The average molecular weight is 322 g/mol. The van der Waals surface area contributed by atoms with Gasteiger partial charge in [0, 0.05) is 20.1 Å². The summed E-state index contributed by atoms with van der Waals surface area (Å²) in [5.74, 6) is 0.638. The minimum atomic E-state index is -0.191. The Morgan fingerprint density at radius 3 is 2.30 bits per heavy atom. The maximum Gasteiger partial charge on any atom is 0.190 e. The summed E-state index contributed by atoms with van der Waals surface area (Å²) in [5, 5.41) is 6.62. The highest BCUT2D eigenvalue weighted by atomic mass is 19.1. The summed E-state index contributed by atoms with van der Waals surface area (Å²) in [6.07, 6.45) is 3.18. The Kier molecular flexibility index (Phi) is 10.0. The molecule has 0 spiro atoms. The number of guanidine groups is 1. The maximum absolute atomic E-state index is 12.8. The molecular weight excluding hydrogens is 291 g/mol. The smallest absolute Gasteiger partial charge is 0.190 e. The number of halogens is 1. The fourth-order valence-electron chi connectivity index (χ4n) is 2.40. The molecule has 1 aromatic rings. The zero-order chi connectivity index (χ0) is 16.9. The topological polar surface area (TPSA) is 39.7 Å². The Balaban J connectivity index is 2.13. The highest BCUT2D eigenvalue weighted by Gasteiger charge is 2.00. The van der Waals surface area contributed by atoms with Crippen LogP contribution in [0, 0.1) is 5.82 Å². The molecule has 2 N–H and O–H groups in total. The summed E-state index contributed by atoms with van der Waals surface area (Å²) in [4.78, 5) is 6.66. The minimum absolute atomic E-state index is 0.191. The van der Waals surface area contributed by atoms with Crippen LogP contribution in [0.1, 0.15) is 32.3 Å². The van der Waals surface area contributed by atoms with Crippen molar-refractivity contribution >= 4 is 5.96 Å². The second-order valence-electron chi connectivity index (χ2n) is 5.54. The zero-order valence-electron chi connectivity index (χ0n) is 14.7. The molecule has 0 aliphatic carbocycles. The molecular formula is C18H31FN4. The van der Waals surface area contributed by atoms with Crippen molar-refractivity contribution in [3.05, 3.63) is 35.6 Å². The number of nitrogens with one attached hydrogen (secondary N) is 2. The second-order valence-corrected chi connectivity index (χ2v) is 5.54. The van der Waals surface area contributed by atoms with E-state index in [1.807, 2.05) is 12.1 Å². The number of rotatable bonds is 10. The number of hydrogen-bond acceptors (Lipinski definition) is 2. The van der Waals surface area contributed by atoms with Gasteiger partial charge in [0.1, 0.15) is 5.82 Å². The molecule has 0 radical (unpaired) electrons. The Hall–Kier alpha value is -1.62. The van der Waals surface area contributed by atoms with Crippen LogP contribution in [0.3, 0.4) is 0 Å². The van der Waals surface area contributed by atoms with Crippen molar-refractivity contribution in [2.24, 2.45) is 4.99 Å². The highest BCUT2D eigenvalue weighted by Crippen LogP contribution is 2.02. The summed E-state index contributed by atoms with van der Waals surface area (Å²) in [6, 6.07) is 6.64. The molecule has 0 atom stereocenters. The molecule has 1 rings (SSSR count). The van der Waals surface area contributed by atoms with Crippen LogP contribution < -0.4 is 10.6 Å². The van der Waals surface area contributed by atoms with Gasteiger partial charge in [-0.25, -0.2) is 4.39 Å². The van der Waals surface area contributed by atoms with Crippen LogP contribution in [0.2, 0.25) is 0 Å². The van der Waals surface area contributed by atoms with E-state index in [1.165, 1.54) is 18.6 Å². The molecule has 0 saturated heterocycles. The van der Waals surface area contributed by atoms with Crippen LogP contribution in [0.4, 0.5) is 4.39 Å². The van der Waals surface area contributed by atoms with E-state index >= 15 is 0 Å². The maximum atomic E-state index is 12.8. The summed E-state index contributed by atoms with van der Waals surface area (Å²) in [7, 11) is 1.78. The van der Waals surface area contributed by atoms with Gasteiger partial charge in [0.15, 0.2) is 5.96 Å². The molecule has 0 amide bonds. The van der Waals surface area contributed by atoms with Crippen LogP contribution in [0.25, 0.3) is 0 Å². The first kappa shape index (κ1) is 19.4. The standard InChI is InChI=1S/C18H31FN4/c1-4-23(5-2)15-7-6-13-21-18(20-3)22-14-12-16-8-10-17(19)11-9-16/h8-11H,4-7,12-15H2,1-3H3,(H2,20,21,22). The Labute approximate surface area is 140 Å².